The molecule has 0 saturated carbocycles. The fraction of sp³-hybridized carbons (Fsp3) is 0. The number of rotatable bonds is 3. The van der Waals surface area contributed by atoms with Crippen molar-refractivity contribution >= 4 is 44.3 Å². The van der Waals surface area contributed by atoms with E-state index in [1.54, 1.807) is 11.8 Å². The minimum absolute atomic E-state index is 0.189. The summed E-state index contributed by atoms with van der Waals surface area (Å²) in [5.74, 6) is 0. The summed E-state index contributed by atoms with van der Waals surface area (Å²) in [6, 6.07) is 41.0. The Bertz CT molecular complexity index is 2580. The molecule has 0 amide bonds. The third-order valence-corrected chi connectivity index (χ3v) is 9.42. The Labute approximate surface area is 255 Å². The lowest BCUT2D eigenvalue weighted by atomic mass is 9.91. The minimum atomic E-state index is -0.384. The van der Waals surface area contributed by atoms with Crippen LogP contribution >= 0.6 is 11.8 Å². The van der Waals surface area contributed by atoms with Crippen molar-refractivity contribution in [1.82, 2.24) is 4.57 Å². The molecule has 0 atom stereocenters. The summed E-state index contributed by atoms with van der Waals surface area (Å²) in [7, 11) is 0. The average molecular weight is 557 g/mol. The van der Waals surface area contributed by atoms with Gasteiger partial charge in [-0.25, -0.2) is 0 Å². The van der Waals surface area contributed by atoms with Crippen molar-refractivity contribution in [2.24, 2.45) is 0 Å². The Kier molecular flexibility index (Phi) is 4.21. The van der Waals surface area contributed by atoms with Crippen LogP contribution in [0.25, 0.3) is 71.6 Å². The zero-order valence-corrected chi connectivity index (χ0v) is 23.2. The lowest BCUT2D eigenvalue weighted by Gasteiger charge is -2.22. The van der Waals surface area contributed by atoms with Crippen LogP contribution in [0.5, 0.6) is 0 Å². The molecule has 2 heteroatoms. The molecule has 0 fully saturated rings. The van der Waals surface area contributed by atoms with Gasteiger partial charge in [0.25, 0.3) is 0 Å². The van der Waals surface area contributed by atoms with E-state index in [-0.39, 0.29) is 35.8 Å². The fourth-order valence-corrected chi connectivity index (χ4v) is 7.53. The van der Waals surface area contributed by atoms with Gasteiger partial charge in [0, 0.05) is 31.6 Å². The van der Waals surface area contributed by atoms with Crippen molar-refractivity contribution in [3.63, 3.8) is 0 Å². The van der Waals surface area contributed by atoms with Gasteiger partial charge in [0.1, 0.15) is 0 Å². The molecule has 196 valence electrons. The van der Waals surface area contributed by atoms with Crippen LogP contribution in [0.1, 0.15) is 6.85 Å². The molecule has 0 bridgehead atoms. The molecule has 7 aromatic carbocycles. The Balaban J connectivity index is 1.23. The van der Waals surface area contributed by atoms with E-state index in [0.29, 0.717) is 5.56 Å². The molecule has 9 rings (SSSR count). The van der Waals surface area contributed by atoms with Gasteiger partial charge in [0.05, 0.1) is 17.9 Å². The van der Waals surface area contributed by atoms with Gasteiger partial charge < -0.3 is 4.57 Å². The first-order valence-corrected chi connectivity index (χ1v) is 14.8. The molecule has 1 aromatic heterocycles. The average Bonchev–Trinajstić information content (AvgIpc) is 3.45. The first kappa shape index (κ1) is 19.1. The molecule has 0 radical (unpaired) electrons. The summed E-state index contributed by atoms with van der Waals surface area (Å²) in [5, 5.41) is 4.33. The van der Waals surface area contributed by atoms with Gasteiger partial charge in [0.15, 0.2) is 0 Å². The van der Waals surface area contributed by atoms with E-state index in [9.17, 15) is 0 Å². The van der Waals surface area contributed by atoms with E-state index >= 15 is 0 Å². The van der Waals surface area contributed by atoms with Gasteiger partial charge in [-0.15, -0.1) is 0 Å². The largest absolute Gasteiger partial charge is 0.309 e. The van der Waals surface area contributed by atoms with Gasteiger partial charge >= 0.3 is 0 Å². The summed E-state index contributed by atoms with van der Waals surface area (Å²) >= 11 is 1.70. The molecule has 1 aliphatic heterocycles. The molecule has 42 heavy (non-hydrogen) atoms. The SMILES string of the molecule is [2H]c1c([2H])c([2H])c(-c2ccc3c4c(cccc24)-c2cc(-c4ccc5c6ccccc6n(-c6ccccc6)c5c4)ccc2S3)c([2H])c1[2H]. The first-order chi connectivity index (χ1) is 22.9. The highest BCUT2D eigenvalue weighted by Crippen LogP contribution is 2.50. The highest BCUT2D eigenvalue weighted by atomic mass is 32.2. The summed E-state index contributed by atoms with van der Waals surface area (Å²) in [6.07, 6.45) is 0. The van der Waals surface area contributed by atoms with Crippen molar-refractivity contribution in [3.05, 3.63) is 152 Å². The molecule has 2 heterocycles. The number of aromatic nitrogens is 1. The van der Waals surface area contributed by atoms with Crippen LogP contribution < -0.4 is 0 Å². The van der Waals surface area contributed by atoms with E-state index < -0.39 is 0 Å². The topological polar surface area (TPSA) is 4.93 Å². The van der Waals surface area contributed by atoms with Crippen molar-refractivity contribution in [3.8, 4) is 39.1 Å². The molecule has 0 unspecified atom stereocenters. The maximum Gasteiger partial charge on any atom is 0.0629 e. The Morgan fingerprint density at radius 2 is 1.21 bits per heavy atom. The van der Waals surface area contributed by atoms with Crippen LogP contribution in [0, 0.1) is 0 Å². The number of para-hydroxylation sites is 2. The number of nitrogens with zero attached hydrogens (tertiary/aromatic N) is 1. The summed E-state index contributed by atoms with van der Waals surface area (Å²) in [5.41, 5.74) is 8.73. The van der Waals surface area contributed by atoms with Gasteiger partial charge in [-0.3, -0.25) is 0 Å². The predicted octanol–water partition coefficient (Wildman–Crippen LogP) is 11.4. The monoisotopic (exact) mass is 556 g/mol. The van der Waals surface area contributed by atoms with E-state index in [1.165, 1.54) is 16.3 Å². The fourth-order valence-electron chi connectivity index (χ4n) is 6.42. The second kappa shape index (κ2) is 9.24. The minimum Gasteiger partial charge on any atom is -0.309 e. The maximum atomic E-state index is 8.64. The maximum absolute atomic E-state index is 8.64. The number of benzene rings is 7. The molecule has 0 spiro atoms. The molecular formula is C40H25NS. The highest BCUT2D eigenvalue weighted by molar-refractivity contribution is 7.99. The number of hydrogen-bond acceptors (Lipinski definition) is 1. The second-order valence-electron chi connectivity index (χ2n) is 10.6. The molecule has 1 nitrogen and oxygen atoms in total. The van der Waals surface area contributed by atoms with E-state index in [4.69, 9.17) is 6.85 Å². The first-order valence-electron chi connectivity index (χ1n) is 16.4. The van der Waals surface area contributed by atoms with Crippen molar-refractivity contribution in [2.45, 2.75) is 9.79 Å². The van der Waals surface area contributed by atoms with Crippen LogP contribution in [0.4, 0.5) is 0 Å². The summed E-state index contributed by atoms with van der Waals surface area (Å²) in [4.78, 5) is 2.24. The normalized spacial score (nSPS) is 13.9. The second-order valence-corrected chi connectivity index (χ2v) is 11.7. The highest BCUT2D eigenvalue weighted by Gasteiger charge is 2.22. The molecular weight excluding hydrogens is 527 g/mol. The summed E-state index contributed by atoms with van der Waals surface area (Å²) in [6.45, 7) is 0. The predicted molar refractivity (Wildman–Crippen MR) is 179 cm³/mol. The number of fused-ring (bicyclic) bond motifs is 5. The van der Waals surface area contributed by atoms with Gasteiger partial charge in [0.2, 0.25) is 0 Å². The zero-order chi connectivity index (χ0) is 32.0. The van der Waals surface area contributed by atoms with Gasteiger partial charge in [-0.05, 0) is 81.2 Å². The number of hydrogen-bond donors (Lipinski definition) is 0. The van der Waals surface area contributed by atoms with E-state index in [0.717, 1.165) is 54.0 Å². The third-order valence-electron chi connectivity index (χ3n) is 8.28. The third kappa shape index (κ3) is 3.52. The summed E-state index contributed by atoms with van der Waals surface area (Å²) < 4.78 is 44.2. The van der Waals surface area contributed by atoms with E-state index in [2.05, 4.69) is 95.6 Å². The molecule has 0 saturated heterocycles. The van der Waals surface area contributed by atoms with Crippen LogP contribution in [0.3, 0.4) is 0 Å². The zero-order valence-electron chi connectivity index (χ0n) is 27.4. The van der Waals surface area contributed by atoms with Crippen molar-refractivity contribution in [2.75, 3.05) is 0 Å². The van der Waals surface area contributed by atoms with Crippen LogP contribution in [0.2, 0.25) is 0 Å². The van der Waals surface area contributed by atoms with Gasteiger partial charge in [-0.2, -0.15) is 0 Å². The standard InChI is InChI=1S/C40H25NS/c1-3-10-26(11-4-1)30-21-23-39-40-33(30)15-9-16-34(40)35-24-27(19-22-38(35)42-39)28-18-20-32-31-14-7-8-17-36(31)41(37(32)25-28)29-12-5-2-6-13-29/h1-25H/i1D,3D,4D,10D,11D. The quantitative estimate of drug-likeness (QED) is 0.209. The van der Waals surface area contributed by atoms with Crippen LogP contribution in [-0.4, -0.2) is 4.57 Å². The van der Waals surface area contributed by atoms with Crippen molar-refractivity contribution < 1.29 is 6.85 Å². The van der Waals surface area contributed by atoms with Crippen molar-refractivity contribution in [1.29, 1.82) is 0 Å². The Hall–Kier alpha value is -5.05. The van der Waals surface area contributed by atoms with Crippen LogP contribution in [0.15, 0.2) is 161 Å². The Morgan fingerprint density at radius 3 is 2.12 bits per heavy atom. The smallest absolute Gasteiger partial charge is 0.0629 e. The van der Waals surface area contributed by atoms with Gasteiger partial charge in [-0.1, -0.05) is 121 Å². The lowest BCUT2D eigenvalue weighted by molar-refractivity contribution is 1.18. The Morgan fingerprint density at radius 1 is 0.476 bits per heavy atom. The van der Waals surface area contributed by atoms with Crippen LogP contribution in [-0.2, 0) is 0 Å². The molecule has 8 aromatic rings. The molecule has 0 N–H and O–H groups in total. The molecule has 0 aliphatic carbocycles. The molecule has 1 aliphatic rings. The van der Waals surface area contributed by atoms with E-state index in [1.807, 2.05) is 30.3 Å². The lowest BCUT2D eigenvalue weighted by Crippen LogP contribution is -1.95.